The molecule has 4 heteroatoms. The van der Waals surface area contributed by atoms with Gasteiger partial charge in [0, 0.05) is 0 Å². The number of nitrogens with zero attached hydrogens (tertiary/aromatic N) is 2. The number of hydrogen-bond acceptors (Lipinski definition) is 4. The molecule has 0 unspecified atom stereocenters. The number of ether oxygens (including phenoxy) is 2. The molecule has 4 aliphatic carbocycles. The molecule has 0 saturated heterocycles. The van der Waals surface area contributed by atoms with E-state index < -0.39 is 0 Å². The summed E-state index contributed by atoms with van der Waals surface area (Å²) in [6, 6.07) is 12.9. The van der Waals surface area contributed by atoms with Gasteiger partial charge in [-0.2, -0.15) is 0 Å². The molecule has 4 fully saturated rings. The molecule has 0 N–H and O–H groups in total. The van der Waals surface area contributed by atoms with Crippen molar-refractivity contribution in [1.29, 1.82) is 10.5 Å². The Morgan fingerprint density at radius 2 is 1.06 bits per heavy atom. The maximum Gasteiger partial charge on any atom is 0.292 e. The van der Waals surface area contributed by atoms with Crippen LogP contribution in [0.4, 0.5) is 0 Å². The first-order valence-electron chi connectivity index (χ1n) is 11.5. The molecular formula is C28H30N2O2. The average molecular weight is 427 g/mol. The molecule has 4 nitrogen and oxygen atoms in total. The van der Waals surface area contributed by atoms with Crippen LogP contribution in [0.1, 0.15) is 74.6 Å². The maximum atomic E-state index is 8.95. The van der Waals surface area contributed by atoms with E-state index in [0.29, 0.717) is 22.3 Å². The van der Waals surface area contributed by atoms with Crippen molar-refractivity contribution in [2.45, 2.75) is 77.0 Å². The predicted octanol–water partition coefficient (Wildman–Crippen LogP) is 6.59. The van der Waals surface area contributed by atoms with Crippen molar-refractivity contribution in [3.63, 3.8) is 0 Å². The fourth-order valence-electron chi connectivity index (χ4n) is 8.59. The molecule has 6 rings (SSSR count). The molecule has 164 valence electrons. The lowest BCUT2D eigenvalue weighted by Crippen LogP contribution is -2.62. The highest BCUT2D eigenvalue weighted by Gasteiger charge is 2.66. The van der Waals surface area contributed by atoms with E-state index in [1.165, 1.54) is 43.2 Å². The topological polar surface area (TPSA) is 66.0 Å². The molecule has 0 spiro atoms. The maximum absolute atomic E-state index is 8.95. The van der Waals surface area contributed by atoms with Gasteiger partial charge in [-0.05, 0) is 108 Å². The normalized spacial score (nSPS) is 34.6. The monoisotopic (exact) mass is 426 g/mol. The van der Waals surface area contributed by atoms with E-state index in [4.69, 9.17) is 20.0 Å². The van der Waals surface area contributed by atoms with Crippen molar-refractivity contribution in [1.82, 2.24) is 0 Å². The van der Waals surface area contributed by atoms with Gasteiger partial charge in [-0.25, -0.2) is 0 Å². The molecule has 0 heterocycles. The van der Waals surface area contributed by atoms with Gasteiger partial charge in [0.05, 0.1) is 0 Å². The van der Waals surface area contributed by atoms with Crippen LogP contribution in [0.25, 0.3) is 0 Å². The molecular weight excluding hydrogens is 396 g/mol. The first-order chi connectivity index (χ1) is 15.1. The first-order valence-corrected chi connectivity index (χ1v) is 11.5. The largest absolute Gasteiger partial charge is 0.388 e. The van der Waals surface area contributed by atoms with Crippen LogP contribution < -0.4 is 9.47 Å². The smallest absolute Gasteiger partial charge is 0.292 e. The zero-order valence-corrected chi connectivity index (χ0v) is 19.4. The van der Waals surface area contributed by atoms with Crippen LogP contribution >= 0.6 is 0 Å². The molecule has 0 aliphatic heterocycles. The lowest BCUT2D eigenvalue weighted by Gasteiger charge is -2.70. The Bertz CT molecular complexity index is 1080. The second kappa shape index (κ2) is 6.76. The SMILES string of the molecule is Cc1cc(C23CC4(C)CC(C)(C2)CC(c2ccc(OC#N)c(C)c2)(C4)C3)ccc1OC#N. The van der Waals surface area contributed by atoms with E-state index in [1.54, 1.807) is 0 Å². The van der Waals surface area contributed by atoms with E-state index in [0.717, 1.165) is 17.5 Å². The predicted molar refractivity (Wildman–Crippen MR) is 122 cm³/mol. The molecule has 0 amide bonds. The molecule has 4 aliphatic rings. The fraction of sp³-hybridized carbons (Fsp3) is 0.500. The Morgan fingerprint density at radius 3 is 1.41 bits per heavy atom. The highest BCUT2D eigenvalue weighted by Crippen LogP contribution is 2.74. The Labute approximate surface area is 190 Å². The van der Waals surface area contributed by atoms with Crippen LogP contribution in [0.5, 0.6) is 11.5 Å². The van der Waals surface area contributed by atoms with E-state index in [9.17, 15) is 0 Å². The second-order valence-electron chi connectivity index (χ2n) is 11.6. The number of aryl methyl sites for hydroxylation is 2. The van der Waals surface area contributed by atoms with Gasteiger partial charge in [-0.3, -0.25) is 0 Å². The fourth-order valence-corrected chi connectivity index (χ4v) is 8.59. The molecule has 0 radical (unpaired) electrons. The lowest BCUT2D eigenvalue weighted by atomic mass is 9.34. The minimum Gasteiger partial charge on any atom is -0.388 e. The van der Waals surface area contributed by atoms with E-state index in [-0.39, 0.29) is 10.8 Å². The summed E-state index contributed by atoms with van der Waals surface area (Å²) < 4.78 is 10.3. The third-order valence-corrected chi connectivity index (χ3v) is 8.48. The van der Waals surface area contributed by atoms with Crippen LogP contribution in [0.3, 0.4) is 0 Å². The van der Waals surface area contributed by atoms with Crippen molar-refractivity contribution in [3.8, 4) is 24.0 Å². The molecule has 4 saturated carbocycles. The van der Waals surface area contributed by atoms with E-state index >= 15 is 0 Å². The summed E-state index contributed by atoms with van der Waals surface area (Å²) in [5, 5.41) is 17.9. The molecule has 0 aromatic heterocycles. The van der Waals surface area contributed by atoms with Crippen LogP contribution in [0.2, 0.25) is 0 Å². The number of hydrogen-bond donors (Lipinski definition) is 0. The second-order valence-corrected chi connectivity index (χ2v) is 11.6. The standard InChI is InChI=1S/C28H30N2O2/c1-19-9-21(5-7-23(19)31-17-29)27-12-25(3)11-26(4,13-27)15-28(14-25,16-27)22-6-8-24(32-18-30)20(2)10-22/h5-10H,11-16H2,1-4H3. The highest BCUT2D eigenvalue weighted by molar-refractivity contribution is 5.46. The third kappa shape index (κ3) is 3.08. The first kappa shape index (κ1) is 20.9. The number of benzene rings is 2. The minimum atomic E-state index is 0.129. The summed E-state index contributed by atoms with van der Waals surface area (Å²) >= 11 is 0. The summed E-state index contributed by atoms with van der Waals surface area (Å²) in [5.41, 5.74) is 5.69. The Hall–Kier alpha value is -2.98. The zero-order chi connectivity index (χ0) is 22.8. The van der Waals surface area contributed by atoms with Crippen LogP contribution in [-0.2, 0) is 10.8 Å². The third-order valence-electron chi connectivity index (χ3n) is 8.48. The Kier molecular flexibility index (Phi) is 4.41. The molecule has 2 aromatic rings. The number of nitriles is 2. The summed E-state index contributed by atoms with van der Waals surface area (Å²) in [6.07, 6.45) is 10.9. The van der Waals surface area contributed by atoms with Crippen molar-refractivity contribution >= 4 is 0 Å². The lowest BCUT2D eigenvalue weighted by molar-refractivity contribution is -0.126. The van der Waals surface area contributed by atoms with Gasteiger partial charge in [0.1, 0.15) is 11.5 Å². The van der Waals surface area contributed by atoms with Gasteiger partial charge in [-0.15, -0.1) is 10.5 Å². The van der Waals surface area contributed by atoms with Gasteiger partial charge < -0.3 is 9.47 Å². The average Bonchev–Trinajstić information content (AvgIpc) is 2.68. The van der Waals surface area contributed by atoms with Gasteiger partial charge >= 0.3 is 0 Å². The van der Waals surface area contributed by atoms with Crippen molar-refractivity contribution in [2.24, 2.45) is 10.8 Å². The number of rotatable bonds is 4. The quantitative estimate of drug-likeness (QED) is 0.517. The van der Waals surface area contributed by atoms with Gasteiger partial charge in [0.25, 0.3) is 12.5 Å². The van der Waals surface area contributed by atoms with E-state index in [2.05, 4.69) is 38.1 Å². The molecule has 4 bridgehead atoms. The molecule has 0 atom stereocenters. The van der Waals surface area contributed by atoms with Crippen LogP contribution in [0.15, 0.2) is 36.4 Å². The van der Waals surface area contributed by atoms with E-state index in [1.807, 2.05) is 38.5 Å². The summed E-state index contributed by atoms with van der Waals surface area (Å²) in [4.78, 5) is 0. The summed E-state index contributed by atoms with van der Waals surface area (Å²) in [6.45, 7) is 9.05. The minimum absolute atomic E-state index is 0.129. The Balaban J connectivity index is 1.62. The zero-order valence-electron chi connectivity index (χ0n) is 19.4. The van der Waals surface area contributed by atoms with Gasteiger partial charge in [0.2, 0.25) is 0 Å². The Morgan fingerprint density at radius 1 is 0.656 bits per heavy atom. The van der Waals surface area contributed by atoms with Gasteiger partial charge in [-0.1, -0.05) is 38.1 Å². The van der Waals surface area contributed by atoms with Crippen LogP contribution in [-0.4, -0.2) is 0 Å². The highest BCUT2D eigenvalue weighted by atomic mass is 16.5. The summed E-state index contributed by atoms with van der Waals surface area (Å²) in [7, 11) is 0. The molecule has 32 heavy (non-hydrogen) atoms. The van der Waals surface area contributed by atoms with Crippen molar-refractivity contribution in [3.05, 3.63) is 58.7 Å². The van der Waals surface area contributed by atoms with Crippen molar-refractivity contribution < 1.29 is 9.47 Å². The molecule has 2 aromatic carbocycles. The van der Waals surface area contributed by atoms with Gasteiger partial charge in [0.15, 0.2) is 0 Å². The summed E-state index contributed by atoms with van der Waals surface area (Å²) in [5.74, 6) is 1.30. The van der Waals surface area contributed by atoms with Crippen molar-refractivity contribution in [2.75, 3.05) is 0 Å². The van der Waals surface area contributed by atoms with Crippen LogP contribution in [0, 0.1) is 47.7 Å².